The summed E-state index contributed by atoms with van der Waals surface area (Å²) in [6.45, 7) is 3.32. The SMILES string of the molecule is CCOC(=O)c1c(-c2ccc(F)nc2)nn2c1OCC1(CC1)C2. The molecule has 0 saturated heterocycles. The van der Waals surface area contributed by atoms with Crippen LogP contribution in [0, 0.1) is 11.4 Å². The Kier molecular flexibility index (Phi) is 3.11. The Balaban J connectivity index is 1.82. The van der Waals surface area contributed by atoms with Gasteiger partial charge in [-0.3, -0.25) is 0 Å². The van der Waals surface area contributed by atoms with Crippen molar-refractivity contribution in [2.75, 3.05) is 13.2 Å². The minimum Gasteiger partial charge on any atom is -0.477 e. The number of pyridine rings is 1. The minimum absolute atomic E-state index is 0.156. The number of ether oxygens (including phenoxy) is 2. The first-order valence-corrected chi connectivity index (χ1v) is 7.64. The number of hydrogen-bond acceptors (Lipinski definition) is 5. The van der Waals surface area contributed by atoms with E-state index in [9.17, 15) is 9.18 Å². The maximum absolute atomic E-state index is 13.1. The highest BCUT2D eigenvalue weighted by molar-refractivity contribution is 5.98. The molecule has 3 heterocycles. The molecule has 0 N–H and O–H groups in total. The van der Waals surface area contributed by atoms with Crippen molar-refractivity contribution in [1.82, 2.24) is 14.8 Å². The molecule has 120 valence electrons. The molecule has 0 bridgehead atoms. The topological polar surface area (TPSA) is 66.2 Å². The van der Waals surface area contributed by atoms with Crippen molar-refractivity contribution >= 4 is 5.97 Å². The molecular formula is C16H16FN3O3. The van der Waals surface area contributed by atoms with Crippen LogP contribution in [0.2, 0.25) is 0 Å². The fourth-order valence-electron chi connectivity index (χ4n) is 2.87. The summed E-state index contributed by atoms with van der Waals surface area (Å²) in [6.07, 6.45) is 3.57. The molecule has 2 aromatic heterocycles. The highest BCUT2D eigenvalue weighted by Crippen LogP contribution is 2.51. The summed E-state index contributed by atoms with van der Waals surface area (Å²) in [6, 6.07) is 2.79. The molecule has 1 aliphatic heterocycles. The molecule has 0 radical (unpaired) electrons. The third-order valence-corrected chi connectivity index (χ3v) is 4.34. The van der Waals surface area contributed by atoms with E-state index in [0.29, 0.717) is 23.7 Å². The van der Waals surface area contributed by atoms with E-state index >= 15 is 0 Å². The van der Waals surface area contributed by atoms with E-state index in [4.69, 9.17) is 9.47 Å². The Morgan fingerprint density at radius 2 is 2.30 bits per heavy atom. The summed E-state index contributed by atoms with van der Waals surface area (Å²) < 4.78 is 25.8. The first-order chi connectivity index (χ1) is 11.1. The summed E-state index contributed by atoms with van der Waals surface area (Å²) in [7, 11) is 0. The lowest BCUT2D eigenvalue weighted by Gasteiger charge is -2.23. The summed E-state index contributed by atoms with van der Waals surface area (Å²) in [4.78, 5) is 16.0. The maximum atomic E-state index is 13.1. The van der Waals surface area contributed by atoms with Gasteiger partial charge in [0, 0.05) is 17.2 Å². The number of esters is 1. The predicted octanol–water partition coefficient (Wildman–Crippen LogP) is 2.43. The third kappa shape index (κ3) is 2.36. The molecule has 1 spiro atoms. The van der Waals surface area contributed by atoms with E-state index in [1.54, 1.807) is 17.7 Å². The first-order valence-electron chi connectivity index (χ1n) is 7.64. The van der Waals surface area contributed by atoms with Gasteiger partial charge in [-0.15, -0.1) is 0 Å². The Morgan fingerprint density at radius 3 is 2.96 bits per heavy atom. The normalized spacial score (nSPS) is 17.5. The number of carbonyl (C=O) groups excluding carboxylic acids is 1. The molecule has 0 amide bonds. The zero-order valence-electron chi connectivity index (χ0n) is 12.7. The van der Waals surface area contributed by atoms with Gasteiger partial charge in [0.05, 0.1) is 19.8 Å². The Labute approximate surface area is 132 Å². The Bertz CT molecular complexity index is 766. The largest absolute Gasteiger partial charge is 0.477 e. The quantitative estimate of drug-likeness (QED) is 0.642. The molecule has 0 atom stereocenters. The van der Waals surface area contributed by atoms with Crippen molar-refractivity contribution in [2.45, 2.75) is 26.3 Å². The van der Waals surface area contributed by atoms with Gasteiger partial charge in [0.15, 0.2) is 0 Å². The van der Waals surface area contributed by atoms with Crippen LogP contribution < -0.4 is 4.74 Å². The van der Waals surface area contributed by atoms with Crippen LogP contribution in [0.1, 0.15) is 30.1 Å². The number of nitrogens with zero attached hydrogens (tertiary/aromatic N) is 3. The van der Waals surface area contributed by atoms with E-state index < -0.39 is 11.9 Å². The van der Waals surface area contributed by atoms with E-state index in [0.717, 1.165) is 19.4 Å². The second-order valence-electron chi connectivity index (χ2n) is 6.07. The monoisotopic (exact) mass is 317 g/mol. The predicted molar refractivity (Wildman–Crippen MR) is 78.5 cm³/mol. The van der Waals surface area contributed by atoms with Crippen LogP contribution in [0.5, 0.6) is 5.88 Å². The fraction of sp³-hybridized carbons (Fsp3) is 0.438. The highest BCUT2D eigenvalue weighted by atomic mass is 19.1. The lowest BCUT2D eigenvalue weighted by atomic mass is 10.1. The lowest BCUT2D eigenvalue weighted by Crippen LogP contribution is -2.27. The van der Waals surface area contributed by atoms with E-state index in [1.165, 1.54) is 12.3 Å². The van der Waals surface area contributed by atoms with E-state index in [1.807, 2.05) is 0 Å². The summed E-state index contributed by atoms with van der Waals surface area (Å²) >= 11 is 0. The van der Waals surface area contributed by atoms with Crippen molar-refractivity contribution in [3.8, 4) is 17.1 Å². The molecule has 1 aliphatic carbocycles. The summed E-state index contributed by atoms with van der Waals surface area (Å²) in [5.41, 5.74) is 1.42. The van der Waals surface area contributed by atoms with Crippen molar-refractivity contribution in [3.63, 3.8) is 0 Å². The van der Waals surface area contributed by atoms with Gasteiger partial charge in [0.1, 0.15) is 11.3 Å². The van der Waals surface area contributed by atoms with Gasteiger partial charge >= 0.3 is 5.97 Å². The lowest BCUT2D eigenvalue weighted by molar-refractivity contribution is 0.0515. The second kappa shape index (κ2) is 5.04. The number of halogens is 1. The average Bonchev–Trinajstić information content (AvgIpc) is 3.17. The standard InChI is InChI=1S/C16H16FN3O3/c1-2-22-15(21)12-13(10-3-4-11(17)18-7-10)19-20-8-16(5-6-16)9-23-14(12)20/h3-4,7H,2,5-6,8-9H2,1H3. The Hall–Kier alpha value is -2.44. The average molecular weight is 317 g/mol. The molecule has 0 aromatic carbocycles. The number of carbonyl (C=O) groups is 1. The van der Waals surface area contributed by atoms with Crippen molar-refractivity contribution < 1.29 is 18.7 Å². The smallest absolute Gasteiger partial charge is 0.345 e. The van der Waals surface area contributed by atoms with Crippen LogP contribution in [-0.2, 0) is 11.3 Å². The molecule has 23 heavy (non-hydrogen) atoms. The van der Waals surface area contributed by atoms with Gasteiger partial charge < -0.3 is 9.47 Å². The molecule has 4 rings (SSSR count). The van der Waals surface area contributed by atoms with Crippen LogP contribution in [-0.4, -0.2) is 33.9 Å². The van der Waals surface area contributed by atoms with Gasteiger partial charge in [0.2, 0.25) is 11.8 Å². The molecule has 7 heteroatoms. The van der Waals surface area contributed by atoms with Gasteiger partial charge in [-0.05, 0) is 31.9 Å². The molecule has 2 aliphatic rings. The first kappa shape index (κ1) is 14.2. The van der Waals surface area contributed by atoms with Crippen LogP contribution in [0.4, 0.5) is 4.39 Å². The summed E-state index contributed by atoms with van der Waals surface area (Å²) in [5.74, 6) is -0.635. The van der Waals surface area contributed by atoms with Crippen LogP contribution >= 0.6 is 0 Å². The van der Waals surface area contributed by atoms with Crippen molar-refractivity contribution in [3.05, 3.63) is 29.8 Å². The molecule has 2 aromatic rings. The molecule has 0 unspecified atom stereocenters. The molecule has 6 nitrogen and oxygen atoms in total. The fourth-order valence-corrected chi connectivity index (χ4v) is 2.87. The van der Waals surface area contributed by atoms with E-state index in [-0.39, 0.29) is 17.6 Å². The number of rotatable bonds is 3. The Morgan fingerprint density at radius 1 is 1.48 bits per heavy atom. The van der Waals surface area contributed by atoms with E-state index in [2.05, 4.69) is 10.1 Å². The molecular weight excluding hydrogens is 301 g/mol. The van der Waals surface area contributed by atoms with Gasteiger partial charge in [0.25, 0.3) is 0 Å². The highest BCUT2D eigenvalue weighted by Gasteiger charge is 2.48. The number of aromatic nitrogens is 3. The maximum Gasteiger partial charge on any atom is 0.345 e. The van der Waals surface area contributed by atoms with Crippen LogP contribution in [0.15, 0.2) is 18.3 Å². The summed E-state index contributed by atoms with van der Waals surface area (Å²) in [5, 5.41) is 4.52. The van der Waals surface area contributed by atoms with Gasteiger partial charge in [-0.25, -0.2) is 14.5 Å². The van der Waals surface area contributed by atoms with Gasteiger partial charge in [-0.1, -0.05) is 0 Å². The number of fused-ring (bicyclic) bond motifs is 1. The minimum atomic E-state index is -0.580. The van der Waals surface area contributed by atoms with Crippen molar-refractivity contribution in [2.24, 2.45) is 5.41 Å². The van der Waals surface area contributed by atoms with Crippen LogP contribution in [0.25, 0.3) is 11.3 Å². The van der Waals surface area contributed by atoms with Crippen LogP contribution in [0.3, 0.4) is 0 Å². The van der Waals surface area contributed by atoms with Crippen molar-refractivity contribution in [1.29, 1.82) is 0 Å². The molecule has 1 fully saturated rings. The van der Waals surface area contributed by atoms with Gasteiger partial charge in [-0.2, -0.15) is 9.49 Å². The second-order valence-corrected chi connectivity index (χ2v) is 6.07. The number of hydrogen-bond donors (Lipinski definition) is 0. The zero-order valence-corrected chi connectivity index (χ0v) is 12.7. The third-order valence-electron chi connectivity index (χ3n) is 4.34. The molecule has 1 saturated carbocycles. The zero-order chi connectivity index (χ0) is 16.0.